The Morgan fingerprint density at radius 3 is 2.21 bits per heavy atom. The minimum atomic E-state index is -0.337. The highest BCUT2D eigenvalue weighted by Crippen LogP contribution is 2.28. The minimum Gasteiger partial charge on any atom is -0.493 e. The fourth-order valence-corrected chi connectivity index (χ4v) is 5.48. The standard InChI is InChI=1S/C33H31N5O5/c1-4-36-20-23(19-34-36)22-10-11-26-27(18-22)35-30(14-16-38-31(39)24-7-5-6-8-25(24)32(38)40)37(33(26)41)15-13-21-9-12-28(42-2)29(17-21)43-3/h5-12,17-20H,4,13-16H2,1-3H3. The molecule has 2 aromatic heterocycles. The third-order valence-corrected chi connectivity index (χ3v) is 7.83. The van der Waals surface area contributed by atoms with Crippen molar-refractivity contribution < 1.29 is 19.1 Å². The van der Waals surface area contributed by atoms with Gasteiger partial charge in [-0.1, -0.05) is 24.3 Å². The van der Waals surface area contributed by atoms with Gasteiger partial charge in [0.25, 0.3) is 17.4 Å². The summed E-state index contributed by atoms with van der Waals surface area (Å²) in [6.07, 6.45) is 4.50. The van der Waals surface area contributed by atoms with E-state index in [-0.39, 0.29) is 30.3 Å². The number of nitrogens with zero attached hydrogens (tertiary/aromatic N) is 5. The van der Waals surface area contributed by atoms with Crippen LogP contribution in [0, 0.1) is 0 Å². The van der Waals surface area contributed by atoms with E-state index in [1.807, 2.05) is 48.1 Å². The third kappa shape index (κ3) is 5.16. The van der Waals surface area contributed by atoms with Crippen LogP contribution in [0.25, 0.3) is 22.0 Å². The van der Waals surface area contributed by atoms with Crippen molar-refractivity contribution in [3.8, 4) is 22.6 Å². The van der Waals surface area contributed by atoms with E-state index in [9.17, 15) is 14.4 Å². The van der Waals surface area contributed by atoms with Gasteiger partial charge >= 0.3 is 0 Å². The zero-order chi connectivity index (χ0) is 30.1. The van der Waals surface area contributed by atoms with Crippen molar-refractivity contribution in [3.05, 3.63) is 106 Å². The fourth-order valence-electron chi connectivity index (χ4n) is 5.48. The number of hydrogen-bond donors (Lipinski definition) is 0. The summed E-state index contributed by atoms with van der Waals surface area (Å²) in [6, 6.07) is 18.0. The summed E-state index contributed by atoms with van der Waals surface area (Å²) < 4.78 is 14.3. The van der Waals surface area contributed by atoms with Crippen LogP contribution in [0.3, 0.4) is 0 Å². The molecule has 0 atom stereocenters. The van der Waals surface area contributed by atoms with Gasteiger partial charge < -0.3 is 9.47 Å². The first-order valence-electron chi connectivity index (χ1n) is 14.1. The number of aryl methyl sites for hydroxylation is 2. The molecule has 0 N–H and O–H groups in total. The lowest BCUT2D eigenvalue weighted by Gasteiger charge is -2.18. The van der Waals surface area contributed by atoms with Gasteiger partial charge in [-0.3, -0.25) is 28.5 Å². The number of carbonyl (C=O) groups is 2. The summed E-state index contributed by atoms with van der Waals surface area (Å²) in [5.41, 5.74) is 3.93. The van der Waals surface area contributed by atoms with Gasteiger partial charge in [0.2, 0.25) is 0 Å². The molecule has 1 aliphatic rings. The second-order valence-electron chi connectivity index (χ2n) is 10.3. The van der Waals surface area contributed by atoms with E-state index in [1.54, 1.807) is 55.3 Å². The first-order valence-corrected chi connectivity index (χ1v) is 14.1. The van der Waals surface area contributed by atoms with Gasteiger partial charge in [-0.2, -0.15) is 5.10 Å². The molecule has 218 valence electrons. The van der Waals surface area contributed by atoms with E-state index in [2.05, 4.69) is 5.10 Å². The average molecular weight is 578 g/mol. The Hall–Kier alpha value is -5.25. The number of rotatable bonds is 10. The van der Waals surface area contributed by atoms with Crippen molar-refractivity contribution in [2.75, 3.05) is 20.8 Å². The number of carbonyl (C=O) groups excluding carboxylic acids is 2. The predicted molar refractivity (Wildman–Crippen MR) is 162 cm³/mol. The first kappa shape index (κ1) is 27.9. The minimum absolute atomic E-state index is 0.101. The van der Waals surface area contributed by atoms with E-state index in [0.717, 1.165) is 23.2 Å². The van der Waals surface area contributed by atoms with Crippen LogP contribution in [0.5, 0.6) is 11.5 Å². The number of ether oxygens (including phenoxy) is 2. The molecule has 0 spiro atoms. The molecule has 3 aromatic carbocycles. The largest absolute Gasteiger partial charge is 0.493 e. The topological polar surface area (TPSA) is 109 Å². The Bertz CT molecular complexity index is 1890. The van der Waals surface area contributed by atoms with Crippen molar-refractivity contribution in [3.63, 3.8) is 0 Å². The van der Waals surface area contributed by atoms with Crippen molar-refractivity contribution in [2.45, 2.75) is 32.9 Å². The zero-order valence-electron chi connectivity index (χ0n) is 24.2. The summed E-state index contributed by atoms with van der Waals surface area (Å²) >= 11 is 0. The molecule has 10 nitrogen and oxygen atoms in total. The Kier molecular flexibility index (Phi) is 7.50. The van der Waals surface area contributed by atoms with Crippen LogP contribution in [0.4, 0.5) is 0 Å². The summed E-state index contributed by atoms with van der Waals surface area (Å²) in [5.74, 6) is 1.05. The lowest BCUT2D eigenvalue weighted by atomic mass is 10.1. The van der Waals surface area contributed by atoms with Crippen LogP contribution in [0.15, 0.2) is 77.9 Å². The smallest absolute Gasteiger partial charge is 0.261 e. The Labute approximate surface area is 248 Å². The maximum atomic E-state index is 13.9. The number of hydrogen-bond acceptors (Lipinski definition) is 7. The summed E-state index contributed by atoms with van der Waals surface area (Å²) in [4.78, 5) is 46.1. The van der Waals surface area contributed by atoms with Crippen molar-refractivity contribution in [2.24, 2.45) is 0 Å². The Morgan fingerprint density at radius 2 is 1.53 bits per heavy atom. The number of imide groups is 1. The number of aromatic nitrogens is 4. The lowest BCUT2D eigenvalue weighted by Crippen LogP contribution is -2.34. The maximum Gasteiger partial charge on any atom is 0.261 e. The van der Waals surface area contributed by atoms with Crippen LogP contribution < -0.4 is 15.0 Å². The maximum absolute atomic E-state index is 13.9. The van der Waals surface area contributed by atoms with E-state index >= 15 is 0 Å². The Morgan fingerprint density at radius 1 is 0.791 bits per heavy atom. The monoisotopic (exact) mass is 577 g/mol. The number of methoxy groups -OCH3 is 2. The van der Waals surface area contributed by atoms with Crippen LogP contribution in [0.2, 0.25) is 0 Å². The molecule has 1 aliphatic heterocycles. The molecule has 5 aromatic rings. The molecule has 0 fully saturated rings. The second-order valence-corrected chi connectivity index (χ2v) is 10.3. The van der Waals surface area contributed by atoms with Crippen molar-refractivity contribution in [1.82, 2.24) is 24.2 Å². The molecule has 3 heterocycles. The number of fused-ring (bicyclic) bond motifs is 2. The third-order valence-electron chi connectivity index (χ3n) is 7.83. The van der Waals surface area contributed by atoms with E-state index in [1.165, 1.54) is 4.90 Å². The van der Waals surface area contributed by atoms with Crippen LogP contribution in [-0.2, 0) is 25.9 Å². The quantitative estimate of drug-likeness (QED) is 0.227. The molecular weight excluding hydrogens is 546 g/mol. The molecule has 2 amide bonds. The molecule has 6 rings (SSSR count). The molecule has 0 saturated heterocycles. The van der Waals surface area contributed by atoms with Crippen LogP contribution >= 0.6 is 0 Å². The highest BCUT2D eigenvalue weighted by Gasteiger charge is 2.35. The fraction of sp³-hybridized carbons (Fsp3) is 0.242. The van der Waals surface area contributed by atoms with Crippen LogP contribution in [0.1, 0.15) is 39.0 Å². The summed E-state index contributed by atoms with van der Waals surface area (Å²) in [7, 11) is 3.16. The normalized spacial score (nSPS) is 12.7. The zero-order valence-corrected chi connectivity index (χ0v) is 24.2. The molecular formula is C33H31N5O5. The SMILES string of the molecule is CCn1cc(-c2ccc3c(=O)n(CCc4ccc(OC)c(OC)c4)c(CCN4C(=O)c5ccccc5C4=O)nc3c2)cn1. The van der Waals surface area contributed by atoms with E-state index < -0.39 is 0 Å². The van der Waals surface area contributed by atoms with E-state index in [4.69, 9.17) is 14.5 Å². The second kappa shape index (κ2) is 11.6. The highest BCUT2D eigenvalue weighted by atomic mass is 16.5. The summed E-state index contributed by atoms with van der Waals surface area (Å²) in [5, 5.41) is 4.86. The van der Waals surface area contributed by atoms with Gasteiger partial charge in [0.1, 0.15) is 5.82 Å². The lowest BCUT2D eigenvalue weighted by molar-refractivity contribution is 0.0655. The predicted octanol–water partition coefficient (Wildman–Crippen LogP) is 4.38. The molecule has 0 unspecified atom stereocenters. The molecule has 43 heavy (non-hydrogen) atoms. The van der Waals surface area contributed by atoms with Crippen molar-refractivity contribution >= 4 is 22.7 Å². The van der Waals surface area contributed by atoms with Gasteiger partial charge in [-0.25, -0.2) is 4.98 Å². The summed E-state index contributed by atoms with van der Waals surface area (Å²) in [6.45, 7) is 3.21. The number of amides is 2. The van der Waals surface area contributed by atoms with Crippen LogP contribution in [-0.4, -0.2) is 56.8 Å². The van der Waals surface area contributed by atoms with Gasteiger partial charge in [-0.15, -0.1) is 0 Å². The number of benzene rings is 3. The molecule has 0 aliphatic carbocycles. The molecule has 0 bridgehead atoms. The van der Waals surface area contributed by atoms with Crippen molar-refractivity contribution in [1.29, 1.82) is 0 Å². The molecule has 0 radical (unpaired) electrons. The highest BCUT2D eigenvalue weighted by molar-refractivity contribution is 6.21. The van der Waals surface area contributed by atoms with Gasteiger partial charge in [-0.05, 0) is 60.9 Å². The van der Waals surface area contributed by atoms with Gasteiger partial charge in [0.15, 0.2) is 11.5 Å². The van der Waals surface area contributed by atoms with E-state index in [0.29, 0.717) is 52.3 Å². The first-order chi connectivity index (χ1) is 20.9. The average Bonchev–Trinajstić information content (AvgIpc) is 3.62. The Balaban J connectivity index is 1.36. The van der Waals surface area contributed by atoms with Gasteiger partial charge in [0, 0.05) is 37.8 Å². The van der Waals surface area contributed by atoms with Gasteiger partial charge in [0.05, 0.1) is 42.4 Å². The molecule has 0 saturated carbocycles. The molecule has 10 heteroatoms.